The van der Waals surface area contributed by atoms with Crippen LogP contribution in [0.3, 0.4) is 0 Å². The molecule has 1 atom stereocenters. The fourth-order valence-electron chi connectivity index (χ4n) is 6.06. The smallest absolute Gasteiger partial charge is 0.416 e. The van der Waals surface area contributed by atoms with Gasteiger partial charge < -0.3 is 10.1 Å². The molecule has 0 spiro atoms. The Morgan fingerprint density at radius 2 is 1.90 bits per heavy atom. The van der Waals surface area contributed by atoms with E-state index in [-0.39, 0.29) is 23.9 Å². The number of anilines is 1. The molecule has 5 aromatic rings. The van der Waals surface area contributed by atoms with Crippen molar-refractivity contribution in [2.45, 2.75) is 37.9 Å². The number of sulfonamides is 1. The molecule has 0 saturated heterocycles. The predicted molar refractivity (Wildman–Crippen MR) is 178 cm³/mol. The number of hydrogen-bond acceptors (Lipinski definition) is 7. The van der Waals surface area contributed by atoms with Gasteiger partial charge in [-0.15, -0.1) is 5.10 Å². The topological polar surface area (TPSA) is 119 Å². The Hall–Kier alpha value is -5.08. The van der Waals surface area contributed by atoms with Gasteiger partial charge in [-0.2, -0.15) is 17.5 Å². The number of nitrogens with one attached hydrogen (secondary N) is 1. The van der Waals surface area contributed by atoms with E-state index in [2.05, 4.69) is 20.6 Å². The molecule has 0 fully saturated rings. The van der Waals surface area contributed by atoms with E-state index < -0.39 is 27.7 Å². The van der Waals surface area contributed by atoms with E-state index in [0.29, 0.717) is 56.7 Å². The standard InChI is InChI=1S/C35H33F3N6O4S/c1-21-12-24-9-10-27(35(36,37)38)16-32(24)49(46,47)44(19-21)20-26-13-23(8-7-22(26)2)29(17-33(45)40-28-6-5-11-39-18-28)25-14-30-34(31(15-25)48-4)43(3)42-41-30/h5-11,13-18,21H,12,19-20H2,1-4H3,(H,40,45)/t21-/m0/s1. The van der Waals surface area contributed by atoms with Crippen LogP contribution in [0.15, 0.2) is 84.0 Å². The van der Waals surface area contributed by atoms with Crippen LogP contribution >= 0.6 is 0 Å². The van der Waals surface area contributed by atoms with Crippen molar-refractivity contribution in [3.8, 4) is 5.75 Å². The number of methoxy groups -OCH3 is 1. The Bertz CT molecular complexity index is 2200. The van der Waals surface area contributed by atoms with E-state index in [4.69, 9.17) is 4.74 Å². The molecule has 0 aliphatic carbocycles. The van der Waals surface area contributed by atoms with E-state index in [1.165, 1.54) is 29.8 Å². The first-order chi connectivity index (χ1) is 23.2. The van der Waals surface area contributed by atoms with E-state index >= 15 is 0 Å². The summed E-state index contributed by atoms with van der Waals surface area (Å²) in [5.41, 5.74) is 4.07. The zero-order valence-corrected chi connectivity index (χ0v) is 27.9. The second kappa shape index (κ2) is 13.1. The number of aromatic nitrogens is 4. The summed E-state index contributed by atoms with van der Waals surface area (Å²) in [5, 5.41) is 11.2. The SMILES string of the molecule is COc1cc(C(=CC(=O)Nc2cccnc2)c2ccc(C)c(CN3C[C@@H](C)Cc4ccc(C(F)(F)F)cc4S3(=O)=O)c2)cc2nnn(C)c12. The van der Waals surface area contributed by atoms with Crippen molar-refractivity contribution in [1.29, 1.82) is 0 Å². The zero-order chi connectivity index (χ0) is 35.1. The first-order valence-corrected chi connectivity index (χ1v) is 16.8. The van der Waals surface area contributed by atoms with Crippen molar-refractivity contribution >= 4 is 38.2 Å². The van der Waals surface area contributed by atoms with Crippen molar-refractivity contribution in [1.82, 2.24) is 24.3 Å². The Kier molecular flexibility index (Phi) is 9.03. The molecule has 14 heteroatoms. The number of pyridine rings is 1. The van der Waals surface area contributed by atoms with Gasteiger partial charge in [-0.3, -0.25) is 9.78 Å². The van der Waals surface area contributed by atoms with E-state index in [0.717, 1.165) is 17.7 Å². The number of ether oxygens (including phenoxy) is 1. The second-order valence-corrected chi connectivity index (χ2v) is 14.0. The molecule has 0 saturated carbocycles. The van der Waals surface area contributed by atoms with Crippen molar-refractivity contribution in [2.24, 2.45) is 13.0 Å². The Balaban J connectivity index is 1.44. The summed E-state index contributed by atoms with van der Waals surface area (Å²) < 4.78 is 77.3. The zero-order valence-electron chi connectivity index (χ0n) is 27.1. The van der Waals surface area contributed by atoms with E-state index in [1.807, 2.05) is 26.0 Å². The minimum absolute atomic E-state index is 0.0935. The lowest BCUT2D eigenvalue weighted by Gasteiger charge is -2.24. The third-order valence-corrected chi connectivity index (χ3v) is 10.4. The molecule has 10 nitrogen and oxygen atoms in total. The van der Waals surface area contributed by atoms with Crippen LogP contribution in [-0.2, 0) is 41.0 Å². The van der Waals surface area contributed by atoms with Crippen LogP contribution in [0.25, 0.3) is 16.6 Å². The molecule has 1 amide bonds. The number of alkyl halides is 3. The molecule has 1 N–H and O–H groups in total. The largest absolute Gasteiger partial charge is 0.494 e. The molecule has 1 aliphatic rings. The molecule has 49 heavy (non-hydrogen) atoms. The van der Waals surface area contributed by atoms with Crippen molar-refractivity contribution in [3.63, 3.8) is 0 Å². The normalized spacial score (nSPS) is 16.6. The monoisotopic (exact) mass is 690 g/mol. The molecule has 0 unspecified atom stereocenters. The fraction of sp³-hybridized carbons (Fsp3) is 0.257. The number of aryl methyl sites for hydroxylation is 2. The minimum Gasteiger partial charge on any atom is -0.494 e. The molecule has 0 bridgehead atoms. The molecule has 2 aromatic heterocycles. The highest BCUT2D eigenvalue weighted by molar-refractivity contribution is 7.89. The first-order valence-electron chi connectivity index (χ1n) is 15.3. The van der Waals surface area contributed by atoms with Gasteiger partial charge in [0.05, 0.1) is 29.5 Å². The highest BCUT2D eigenvalue weighted by Crippen LogP contribution is 2.37. The lowest BCUT2D eigenvalue weighted by atomic mass is 9.93. The Labute approximate surface area is 281 Å². The van der Waals surface area contributed by atoms with Crippen LogP contribution in [0.4, 0.5) is 18.9 Å². The van der Waals surface area contributed by atoms with Crippen LogP contribution in [0, 0.1) is 12.8 Å². The molecule has 3 heterocycles. The van der Waals surface area contributed by atoms with Crippen molar-refractivity contribution in [2.75, 3.05) is 19.0 Å². The lowest BCUT2D eigenvalue weighted by molar-refractivity contribution is -0.137. The third kappa shape index (κ3) is 6.92. The minimum atomic E-state index is -4.69. The summed E-state index contributed by atoms with van der Waals surface area (Å²) in [6, 6.07) is 15.3. The number of carbonyl (C=O) groups is 1. The van der Waals surface area contributed by atoms with Crippen LogP contribution < -0.4 is 10.1 Å². The van der Waals surface area contributed by atoms with E-state index in [9.17, 15) is 26.4 Å². The molecule has 3 aromatic carbocycles. The number of halogens is 3. The number of hydrogen-bond donors (Lipinski definition) is 1. The molecular weight excluding hydrogens is 657 g/mol. The molecule has 254 valence electrons. The highest BCUT2D eigenvalue weighted by atomic mass is 32.2. The van der Waals surface area contributed by atoms with Crippen molar-refractivity contribution < 1.29 is 31.1 Å². The molecular formula is C35H33F3N6O4S. The van der Waals surface area contributed by atoms with Crippen molar-refractivity contribution in [3.05, 3.63) is 113 Å². The predicted octanol–water partition coefficient (Wildman–Crippen LogP) is 6.15. The first kappa shape index (κ1) is 33.8. The quantitative estimate of drug-likeness (QED) is 0.204. The average molecular weight is 691 g/mol. The summed E-state index contributed by atoms with van der Waals surface area (Å²) in [6.07, 6.45) is 0.155. The number of amides is 1. The van der Waals surface area contributed by atoms with Crippen LogP contribution in [-0.4, -0.2) is 52.3 Å². The Morgan fingerprint density at radius 1 is 1.10 bits per heavy atom. The average Bonchev–Trinajstić information content (AvgIpc) is 3.40. The van der Waals surface area contributed by atoms with Gasteiger partial charge >= 0.3 is 6.18 Å². The van der Waals surface area contributed by atoms with Crippen LogP contribution in [0.2, 0.25) is 0 Å². The lowest BCUT2D eigenvalue weighted by Crippen LogP contribution is -2.33. The van der Waals surface area contributed by atoms with Gasteiger partial charge in [0.2, 0.25) is 15.9 Å². The van der Waals surface area contributed by atoms with Gasteiger partial charge in [-0.25, -0.2) is 13.1 Å². The maximum atomic E-state index is 14.0. The summed E-state index contributed by atoms with van der Waals surface area (Å²) in [6.45, 7) is 3.72. The Morgan fingerprint density at radius 3 is 2.61 bits per heavy atom. The summed E-state index contributed by atoms with van der Waals surface area (Å²) >= 11 is 0. The van der Waals surface area contributed by atoms with Crippen LogP contribution in [0.1, 0.15) is 40.3 Å². The molecule has 1 aliphatic heterocycles. The fourth-order valence-corrected chi connectivity index (χ4v) is 7.86. The maximum absolute atomic E-state index is 14.0. The summed E-state index contributed by atoms with van der Waals surface area (Å²) in [4.78, 5) is 17.1. The summed E-state index contributed by atoms with van der Waals surface area (Å²) in [5.74, 6) is -0.120. The van der Waals surface area contributed by atoms with Gasteiger partial charge in [-0.1, -0.05) is 30.3 Å². The summed E-state index contributed by atoms with van der Waals surface area (Å²) in [7, 11) is -1.05. The number of carbonyl (C=O) groups excluding carboxylic acids is 1. The van der Waals surface area contributed by atoms with Crippen LogP contribution in [0.5, 0.6) is 5.75 Å². The molecule has 0 radical (unpaired) electrons. The van der Waals surface area contributed by atoms with E-state index in [1.54, 1.807) is 48.3 Å². The second-order valence-electron chi connectivity index (χ2n) is 12.1. The van der Waals surface area contributed by atoms with Gasteiger partial charge in [0.15, 0.2) is 0 Å². The van der Waals surface area contributed by atoms with Gasteiger partial charge in [0.1, 0.15) is 16.8 Å². The van der Waals surface area contributed by atoms with Gasteiger partial charge in [-0.05, 0) is 95.1 Å². The van der Waals surface area contributed by atoms with Gasteiger partial charge in [0, 0.05) is 32.4 Å². The number of rotatable bonds is 7. The maximum Gasteiger partial charge on any atom is 0.416 e. The number of nitrogens with zero attached hydrogens (tertiary/aromatic N) is 5. The molecule has 6 rings (SSSR count). The number of benzene rings is 3. The third-order valence-electron chi connectivity index (χ3n) is 8.50. The van der Waals surface area contributed by atoms with Gasteiger partial charge in [0.25, 0.3) is 0 Å². The number of fused-ring (bicyclic) bond motifs is 2. The highest BCUT2D eigenvalue weighted by Gasteiger charge is 2.37.